The zero-order valence-corrected chi connectivity index (χ0v) is 12.8. The van der Waals surface area contributed by atoms with Gasteiger partial charge in [0.05, 0.1) is 12.2 Å². The fourth-order valence-corrected chi connectivity index (χ4v) is 3.18. The molecule has 114 valence electrons. The number of carbonyl (C=O) groups excluding carboxylic acids is 1. The van der Waals surface area contributed by atoms with Crippen LogP contribution in [0.4, 0.5) is 0 Å². The molecule has 0 radical (unpaired) electrons. The Morgan fingerprint density at radius 2 is 1.78 bits per heavy atom. The van der Waals surface area contributed by atoms with Gasteiger partial charge in [-0.1, -0.05) is 54.6 Å². The highest BCUT2D eigenvalue weighted by molar-refractivity contribution is 5.93. The molecule has 3 heteroatoms. The number of cyclic esters (lactones) is 1. The molecule has 0 amide bonds. The van der Waals surface area contributed by atoms with Crippen molar-refractivity contribution in [3.8, 4) is 0 Å². The maximum Gasteiger partial charge on any atom is 0.334 e. The first kappa shape index (κ1) is 13.8. The van der Waals surface area contributed by atoms with Crippen LogP contribution in [0.3, 0.4) is 0 Å². The van der Waals surface area contributed by atoms with Gasteiger partial charge in [0.1, 0.15) is 11.7 Å². The van der Waals surface area contributed by atoms with Crippen LogP contribution < -0.4 is 0 Å². The van der Waals surface area contributed by atoms with Crippen molar-refractivity contribution in [2.45, 2.75) is 18.9 Å². The standard InChI is InChI=1S/C20H16O3/c1-12-7-9-14(10-8-12)18-13(2)20(21)23-19(18)16-11-22-17-6-4-3-5-15(16)17/h3-11,18-19H,2H2,1H3. The molecule has 1 fully saturated rings. The topological polar surface area (TPSA) is 39.4 Å². The summed E-state index contributed by atoms with van der Waals surface area (Å²) in [5, 5.41) is 0.970. The van der Waals surface area contributed by atoms with Crippen LogP contribution in [0, 0.1) is 6.92 Å². The number of ether oxygens (including phenoxy) is 1. The van der Waals surface area contributed by atoms with Gasteiger partial charge in [-0.05, 0) is 18.6 Å². The summed E-state index contributed by atoms with van der Waals surface area (Å²) < 4.78 is 11.2. The molecule has 1 aliphatic rings. The first-order valence-corrected chi connectivity index (χ1v) is 7.57. The van der Waals surface area contributed by atoms with E-state index in [1.807, 2.05) is 55.5 Å². The van der Waals surface area contributed by atoms with E-state index in [0.29, 0.717) is 5.57 Å². The highest BCUT2D eigenvalue weighted by atomic mass is 16.6. The average molecular weight is 304 g/mol. The Bertz CT molecular complexity index is 902. The van der Waals surface area contributed by atoms with Gasteiger partial charge in [-0.3, -0.25) is 0 Å². The average Bonchev–Trinajstić information content (AvgIpc) is 3.10. The first-order chi connectivity index (χ1) is 11.1. The predicted octanol–water partition coefficient (Wildman–Crippen LogP) is 4.68. The van der Waals surface area contributed by atoms with Gasteiger partial charge in [-0.15, -0.1) is 0 Å². The number of aryl methyl sites for hydroxylation is 1. The number of furan rings is 1. The Hall–Kier alpha value is -2.81. The summed E-state index contributed by atoms with van der Waals surface area (Å²) in [4.78, 5) is 12.1. The Morgan fingerprint density at radius 1 is 1.04 bits per heavy atom. The molecule has 4 rings (SSSR count). The largest absolute Gasteiger partial charge is 0.464 e. The number of esters is 1. The molecular weight excluding hydrogens is 288 g/mol. The van der Waals surface area contributed by atoms with E-state index < -0.39 is 6.10 Å². The van der Waals surface area contributed by atoms with E-state index in [-0.39, 0.29) is 11.9 Å². The number of fused-ring (bicyclic) bond motifs is 1. The van der Waals surface area contributed by atoms with Gasteiger partial charge in [0, 0.05) is 16.5 Å². The Morgan fingerprint density at radius 3 is 2.57 bits per heavy atom. The molecule has 0 spiro atoms. The molecule has 2 aromatic carbocycles. The van der Waals surface area contributed by atoms with Gasteiger partial charge >= 0.3 is 5.97 Å². The smallest absolute Gasteiger partial charge is 0.334 e. The Kier molecular flexibility index (Phi) is 3.08. The fraction of sp³-hybridized carbons (Fsp3) is 0.150. The van der Waals surface area contributed by atoms with Gasteiger partial charge < -0.3 is 9.15 Å². The van der Waals surface area contributed by atoms with Crippen LogP contribution in [0.25, 0.3) is 11.0 Å². The van der Waals surface area contributed by atoms with Crippen molar-refractivity contribution in [3.05, 3.63) is 83.6 Å². The number of para-hydroxylation sites is 1. The molecule has 3 nitrogen and oxygen atoms in total. The Labute approximate surface area is 134 Å². The van der Waals surface area contributed by atoms with E-state index in [4.69, 9.17) is 9.15 Å². The van der Waals surface area contributed by atoms with E-state index in [0.717, 1.165) is 22.1 Å². The number of hydrogen-bond acceptors (Lipinski definition) is 3. The number of carbonyl (C=O) groups is 1. The van der Waals surface area contributed by atoms with Crippen molar-refractivity contribution in [1.82, 2.24) is 0 Å². The number of hydrogen-bond donors (Lipinski definition) is 0. The third kappa shape index (κ3) is 2.16. The van der Waals surface area contributed by atoms with Gasteiger partial charge in [0.2, 0.25) is 0 Å². The maximum absolute atomic E-state index is 12.1. The molecular formula is C20H16O3. The molecule has 0 bridgehead atoms. The molecule has 3 aromatic rings. The molecule has 0 aliphatic carbocycles. The Balaban J connectivity index is 1.84. The van der Waals surface area contributed by atoms with Crippen molar-refractivity contribution >= 4 is 16.9 Å². The summed E-state index contributed by atoms with van der Waals surface area (Å²) in [6.07, 6.45) is 1.28. The summed E-state index contributed by atoms with van der Waals surface area (Å²) >= 11 is 0. The molecule has 0 N–H and O–H groups in total. The van der Waals surface area contributed by atoms with E-state index in [2.05, 4.69) is 6.58 Å². The van der Waals surface area contributed by atoms with Gasteiger partial charge in [0.15, 0.2) is 0 Å². The lowest BCUT2D eigenvalue weighted by Crippen LogP contribution is -2.06. The highest BCUT2D eigenvalue weighted by Crippen LogP contribution is 2.47. The third-order valence-corrected chi connectivity index (χ3v) is 4.43. The second-order valence-electron chi connectivity index (χ2n) is 5.93. The lowest BCUT2D eigenvalue weighted by Gasteiger charge is -2.17. The first-order valence-electron chi connectivity index (χ1n) is 7.57. The predicted molar refractivity (Wildman–Crippen MR) is 88.1 cm³/mol. The van der Waals surface area contributed by atoms with Crippen LogP contribution >= 0.6 is 0 Å². The van der Waals surface area contributed by atoms with Crippen LogP contribution in [-0.2, 0) is 9.53 Å². The van der Waals surface area contributed by atoms with Crippen molar-refractivity contribution in [2.24, 2.45) is 0 Å². The summed E-state index contributed by atoms with van der Waals surface area (Å²) in [5.41, 5.74) is 4.37. The minimum Gasteiger partial charge on any atom is -0.464 e. The molecule has 0 saturated carbocycles. The number of benzene rings is 2. The SMILES string of the molecule is C=C1C(=O)OC(c2coc3ccccc23)C1c1ccc(C)cc1. The van der Waals surface area contributed by atoms with Crippen LogP contribution in [0.15, 0.2) is 71.4 Å². The third-order valence-electron chi connectivity index (χ3n) is 4.43. The zero-order chi connectivity index (χ0) is 16.0. The second-order valence-corrected chi connectivity index (χ2v) is 5.93. The van der Waals surface area contributed by atoms with Gasteiger partial charge in [-0.2, -0.15) is 0 Å². The number of rotatable bonds is 2. The maximum atomic E-state index is 12.1. The van der Waals surface area contributed by atoms with Crippen LogP contribution in [0.5, 0.6) is 0 Å². The van der Waals surface area contributed by atoms with Crippen molar-refractivity contribution in [1.29, 1.82) is 0 Å². The van der Waals surface area contributed by atoms with Crippen molar-refractivity contribution < 1.29 is 13.9 Å². The summed E-state index contributed by atoms with van der Waals surface area (Å²) in [5.74, 6) is -0.532. The van der Waals surface area contributed by atoms with Crippen molar-refractivity contribution in [2.75, 3.05) is 0 Å². The lowest BCUT2D eigenvalue weighted by atomic mass is 9.85. The zero-order valence-electron chi connectivity index (χ0n) is 12.8. The van der Waals surface area contributed by atoms with E-state index in [1.54, 1.807) is 6.26 Å². The normalized spacial score (nSPS) is 20.9. The minimum absolute atomic E-state index is 0.191. The van der Waals surface area contributed by atoms with Gasteiger partial charge in [0.25, 0.3) is 0 Å². The fourth-order valence-electron chi connectivity index (χ4n) is 3.18. The van der Waals surface area contributed by atoms with Gasteiger partial charge in [-0.25, -0.2) is 4.79 Å². The highest BCUT2D eigenvalue weighted by Gasteiger charge is 2.41. The van der Waals surface area contributed by atoms with E-state index >= 15 is 0 Å². The molecule has 23 heavy (non-hydrogen) atoms. The quantitative estimate of drug-likeness (QED) is 0.510. The molecule has 2 atom stereocenters. The molecule has 2 unspecified atom stereocenters. The van der Waals surface area contributed by atoms with Crippen molar-refractivity contribution in [3.63, 3.8) is 0 Å². The summed E-state index contributed by atoms with van der Waals surface area (Å²) in [6.45, 7) is 5.99. The lowest BCUT2D eigenvalue weighted by molar-refractivity contribution is -0.139. The molecule has 1 saturated heterocycles. The molecule has 1 aromatic heterocycles. The summed E-state index contributed by atoms with van der Waals surface area (Å²) in [6, 6.07) is 15.9. The van der Waals surface area contributed by atoms with E-state index in [1.165, 1.54) is 5.56 Å². The minimum atomic E-state index is -0.402. The monoisotopic (exact) mass is 304 g/mol. The van der Waals surface area contributed by atoms with Crippen LogP contribution in [0.1, 0.15) is 28.7 Å². The summed E-state index contributed by atoms with van der Waals surface area (Å²) in [7, 11) is 0. The van der Waals surface area contributed by atoms with E-state index in [9.17, 15) is 4.79 Å². The molecule has 1 aliphatic heterocycles. The molecule has 2 heterocycles. The van der Waals surface area contributed by atoms with Crippen LogP contribution in [0.2, 0.25) is 0 Å². The van der Waals surface area contributed by atoms with Crippen LogP contribution in [-0.4, -0.2) is 5.97 Å². The second kappa shape index (κ2) is 5.13.